The Morgan fingerprint density at radius 3 is 2.73 bits per heavy atom. The Kier molecular flexibility index (Phi) is 4.98. The third-order valence-corrected chi connectivity index (χ3v) is 2.13. The fourth-order valence-electron chi connectivity index (χ4n) is 1.32. The predicted octanol–water partition coefficient (Wildman–Crippen LogP) is 1.99. The molecule has 0 saturated heterocycles. The van der Waals surface area contributed by atoms with Crippen LogP contribution in [-0.4, -0.2) is 32.1 Å². The molecule has 84 valence electrons. The molecule has 0 aromatic heterocycles. The minimum Gasteiger partial charge on any atom is -0.494 e. The van der Waals surface area contributed by atoms with Crippen LogP contribution in [0.15, 0.2) is 24.3 Å². The van der Waals surface area contributed by atoms with Gasteiger partial charge in [0.1, 0.15) is 5.75 Å². The number of hydrogen-bond donors (Lipinski definition) is 1. The third kappa shape index (κ3) is 5.27. The number of hydrogen-bond acceptors (Lipinski definition) is 3. The highest BCUT2D eigenvalue weighted by Gasteiger charge is 1.95. The molecule has 1 aromatic carbocycles. The Balaban J connectivity index is 2.15. The molecule has 0 radical (unpaired) electrons. The van der Waals surface area contributed by atoms with E-state index in [1.54, 1.807) is 0 Å². The molecular formula is C12H20N2O. The second-order valence-electron chi connectivity index (χ2n) is 3.93. The Morgan fingerprint density at radius 2 is 2.07 bits per heavy atom. The van der Waals surface area contributed by atoms with E-state index in [0.717, 1.165) is 37.4 Å². The van der Waals surface area contributed by atoms with Crippen molar-refractivity contribution in [1.82, 2.24) is 4.90 Å². The summed E-state index contributed by atoms with van der Waals surface area (Å²) in [6.45, 7) is 1.87. The zero-order valence-corrected chi connectivity index (χ0v) is 9.57. The van der Waals surface area contributed by atoms with E-state index in [2.05, 4.69) is 19.0 Å². The van der Waals surface area contributed by atoms with Crippen molar-refractivity contribution < 1.29 is 4.74 Å². The van der Waals surface area contributed by atoms with Gasteiger partial charge in [0, 0.05) is 11.8 Å². The van der Waals surface area contributed by atoms with Crippen LogP contribution in [-0.2, 0) is 0 Å². The summed E-state index contributed by atoms with van der Waals surface area (Å²) in [5, 5.41) is 0. The maximum absolute atomic E-state index is 5.64. The van der Waals surface area contributed by atoms with E-state index in [4.69, 9.17) is 10.5 Å². The van der Waals surface area contributed by atoms with Crippen molar-refractivity contribution in [1.29, 1.82) is 0 Å². The molecule has 0 aliphatic carbocycles. The van der Waals surface area contributed by atoms with Crippen molar-refractivity contribution >= 4 is 5.69 Å². The highest BCUT2D eigenvalue weighted by atomic mass is 16.5. The molecular weight excluding hydrogens is 188 g/mol. The summed E-state index contributed by atoms with van der Waals surface area (Å²) in [7, 11) is 4.16. The quantitative estimate of drug-likeness (QED) is 0.574. The third-order valence-electron chi connectivity index (χ3n) is 2.13. The van der Waals surface area contributed by atoms with Gasteiger partial charge in [-0.25, -0.2) is 0 Å². The van der Waals surface area contributed by atoms with Crippen LogP contribution in [0, 0.1) is 0 Å². The lowest BCUT2D eigenvalue weighted by Crippen LogP contribution is -2.13. The summed E-state index contributed by atoms with van der Waals surface area (Å²) in [4.78, 5) is 2.18. The zero-order valence-electron chi connectivity index (χ0n) is 9.57. The number of anilines is 1. The second kappa shape index (κ2) is 6.30. The van der Waals surface area contributed by atoms with Crippen molar-refractivity contribution in [3.8, 4) is 5.75 Å². The maximum Gasteiger partial charge on any atom is 0.121 e. The summed E-state index contributed by atoms with van der Waals surface area (Å²) in [5.74, 6) is 0.861. The fraction of sp³-hybridized carbons (Fsp3) is 0.500. The highest BCUT2D eigenvalue weighted by Crippen LogP contribution is 2.14. The van der Waals surface area contributed by atoms with E-state index >= 15 is 0 Å². The Morgan fingerprint density at radius 1 is 1.27 bits per heavy atom. The zero-order chi connectivity index (χ0) is 11.1. The standard InChI is InChI=1S/C12H20N2O/c1-14(2)8-3-4-9-15-12-7-5-6-11(13)10-12/h5-7,10H,3-4,8-9,13H2,1-2H3. The van der Waals surface area contributed by atoms with Gasteiger partial charge in [-0.15, -0.1) is 0 Å². The molecule has 0 aliphatic rings. The van der Waals surface area contributed by atoms with Gasteiger partial charge in [-0.3, -0.25) is 0 Å². The number of nitrogens with two attached hydrogens (primary N) is 1. The molecule has 1 aromatic rings. The largest absolute Gasteiger partial charge is 0.494 e. The molecule has 3 heteroatoms. The van der Waals surface area contributed by atoms with Crippen molar-refractivity contribution in [3.63, 3.8) is 0 Å². The predicted molar refractivity (Wildman–Crippen MR) is 64.1 cm³/mol. The monoisotopic (exact) mass is 208 g/mol. The van der Waals surface area contributed by atoms with E-state index in [1.807, 2.05) is 24.3 Å². The van der Waals surface area contributed by atoms with Crippen LogP contribution in [0.1, 0.15) is 12.8 Å². The van der Waals surface area contributed by atoms with Crippen LogP contribution in [0.25, 0.3) is 0 Å². The van der Waals surface area contributed by atoms with Gasteiger partial charge in [-0.2, -0.15) is 0 Å². The molecule has 0 atom stereocenters. The lowest BCUT2D eigenvalue weighted by molar-refractivity contribution is 0.293. The van der Waals surface area contributed by atoms with Crippen LogP contribution >= 0.6 is 0 Å². The topological polar surface area (TPSA) is 38.5 Å². The number of nitrogens with zero attached hydrogens (tertiary/aromatic N) is 1. The first-order valence-corrected chi connectivity index (χ1v) is 5.31. The van der Waals surface area contributed by atoms with Crippen molar-refractivity contribution in [2.45, 2.75) is 12.8 Å². The number of ether oxygens (including phenoxy) is 1. The molecule has 0 bridgehead atoms. The number of benzene rings is 1. The molecule has 15 heavy (non-hydrogen) atoms. The smallest absolute Gasteiger partial charge is 0.121 e. The molecule has 0 amide bonds. The minimum atomic E-state index is 0.751. The molecule has 0 spiro atoms. The molecule has 3 nitrogen and oxygen atoms in total. The average Bonchev–Trinajstić information content (AvgIpc) is 2.17. The minimum absolute atomic E-state index is 0.751. The van der Waals surface area contributed by atoms with E-state index in [0.29, 0.717) is 0 Å². The van der Waals surface area contributed by atoms with E-state index in [9.17, 15) is 0 Å². The van der Waals surface area contributed by atoms with Crippen molar-refractivity contribution in [3.05, 3.63) is 24.3 Å². The van der Waals surface area contributed by atoms with Gasteiger partial charge >= 0.3 is 0 Å². The molecule has 0 aliphatic heterocycles. The first-order valence-electron chi connectivity index (χ1n) is 5.31. The number of rotatable bonds is 6. The Labute approximate surface area is 91.8 Å². The van der Waals surface area contributed by atoms with Gasteiger partial charge in [-0.1, -0.05) is 6.07 Å². The van der Waals surface area contributed by atoms with E-state index < -0.39 is 0 Å². The number of nitrogen functional groups attached to an aromatic ring is 1. The lowest BCUT2D eigenvalue weighted by Gasteiger charge is -2.10. The number of unbranched alkanes of at least 4 members (excludes halogenated alkanes) is 1. The highest BCUT2D eigenvalue weighted by molar-refractivity contribution is 5.43. The van der Waals surface area contributed by atoms with Gasteiger partial charge in [0.15, 0.2) is 0 Å². The fourth-order valence-corrected chi connectivity index (χ4v) is 1.32. The first-order chi connectivity index (χ1) is 7.18. The van der Waals surface area contributed by atoms with Crippen LogP contribution < -0.4 is 10.5 Å². The van der Waals surface area contributed by atoms with E-state index in [-0.39, 0.29) is 0 Å². The normalized spacial score (nSPS) is 10.6. The first kappa shape index (κ1) is 11.9. The van der Waals surface area contributed by atoms with Gasteiger partial charge in [0.25, 0.3) is 0 Å². The van der Waals surface area contributed by atoms with Gasteiger partial charge in [0.05, 0.1) is 6.61 Å². The molecule has 0 heterocycles. The summed E-state index contributed by atoms with van der Waals surface area (Å²) < 4.78 is 5.57. The molecule has 2 N–H and O–H groups in total. The SMILES string of the molecule is CN(C)CCCCOc1cccc(N)c1. The molecule has 0 fully saturated rings. The van der Waals surface area contributed by atoms with Crippen LogP contribution in [0.2, 0.25) is 0 Å². The Hall–Kier alpha value is -1.22. The van der Waals surface area contributed by atoms with Crippen LogP contribution in [0.5, 0.6) is 5.75 Å². The van der Waals surface area contributed by atoms with Crippen molar-refractivity contribution in [2.24, 2.45) is 0 Å². The molecule has 0 unspecified atom stereocenters. The average molecular weight is 208 g/mol. The summed E-state index contributed by atoms with van der Waals surface area (Å²) >= 11 is 0. The van der Waals surface area contributed by atoms with Gasteiger partial charge < -0.3 is 15.4 Å². The summed E-state index contributed by atoms with van der Waals surface area (Å²) in [5.41, 5.74) is 6.39. The lowest BCUT2D eigenvalue weighted by atomic mass is 10.3. The van der Waals surface area contributed by atoms with Crippen molar-refractivity contribution in [2.75, 3.05) is 33.0 Å². The maximum atomic E-state index is 5.64. The summed E-state index contributed by atoms with van der Waals surface area (Å²) in [6.07, 6.45) is 2.24. The van der Waals surface area contributed by atoms with Gasteiger partial charge in [-0.05, 0) is 45.6 Å². The van der Waals surface area contributed by atoms with Crippen LogP contribution in [0.4, 0.5) is 5.69 Å². The van der Waals surface area contributed by atoms with Gasteiger partial charge in [0.2, 0.25) is 0 Å². The molecule has 0 saturated carbocycles. The van der Waals surface area contributed by atoms with E-state index in [1.165, 1.54) is 0 Å². The summed E-state index contributed by atoms with van der Waals surface area (Å²) in [6, 6.07) is 7.55. The Bertz CT molecular complexity index is 287. The molecule has 1 rings (SSSR count). The second-order valence-corrected chi connectivity index (χ2v) is 3.93. The van der Waals surface area contributed by atoms with Crippen LogP contribution in [0.3, 0.4) is 0 Å².